The van der Waals surface area contributed by atoms with Gasteiger partial charge in [0.15, 0.2) is 0 Å². The van der Waals surface area contributed by atoms with Gasteiger partial charge in [-0.3, -0.25) is 4.79 Å². The number of hydrogen-bond donors (Lipinski definition) is 2. The minimum Gasteiger partial charge on any atom is -0.368 e. The Labute approximate surface area is 168 Å². The second-order valence-corrected chi connectivity index (χ2v) is 8.17. The summed E-state index contributed by atoms with van der Waals surface area (Å²) in [5, 5.41) is 7.96. The lowest BCUT2D eigenvalue weighted by molar-refractivity contribution is -0.124. The van der Waals surface area contributed by atoms with Gasteiger partial charge in [0.25, 0.3) is 5.91 Å². The van der Waals surface area contributed by atoms with Crippen molar-refractivity contribution in [2.75, 3.05) is 23.8 Å². The van der Waals surface area contributed by atoms with Crippen LogP contribution >= 0.6 is 11.3 Å². The Morgan fingerprint density at radius 2 is 1.93 bits per heavy atom. The van der Waals surface area contributed by atoms with Gasteiger partial charge in [0, 0.05) is 29.4 Å². The molecule has 0 unspecified atom stereocenters. The van der Waals surface area contributed by atoms with Crippen LogP contribution in [-0.2, 0) is 16.0 Å². The molecule has 0 spiro atoms. The lowest BCUT2D eigenvalue weighted by Gasteiger charge is -2.35. The number of carbonyl (C=O) groups excluding carboxylic acids is 2. The molecule has 4 rings (SSSR count). The molecule has 2 N–H and O–H groups in total. The fraction of sp³-hybridized carbons (Fsp3) is 0.429. The molecule has 0 aliphatic carbocycles. The summed E-state index contributed by atoms with van der Waals surface area (Å²) in [6, 6.07) is 9.40. The molecular weight excluding hydrogens is 374 g/mol. The average molecular weight is 400 g/mol. The van der Waals surface area contributed by atoms with Crippen molar-refractivity contribution in [3.63, 3.8) is 0 Å². The summed E-state index contributed by atoms with van der Waals surface area (Å²) in [7, 11) is 0. The van der Waals surface area contributed by atoms with E-state index in [1.54, 1.807) is 23.5 Å². The number of urea groups is 1. The lowest BCUT2D eigenvalue weighted by Crippen LogP contribution is -2.41. The van der Waals surface area contributed by atoms with Crippen LogP contribution in [0.1, 0.15) is 42.7 Å². The van der Waals surface area contributed by atoms with Crippen molar-refractivity contribution >= 4 is 34.6 Å². The first-order valence-electron chi connectivity index (χ1n) is 9.82. The molecule has 3 heterocycles. The first-order valence-corrected chi connectivity index (χ1v) is 10.7. The summed E-state index contributed by atoms with van der Waals surface area (Å²) in [5.41, 5.74) is 2.69. The SMILES string of the molecule is CC[C@H]1c2ccsc2CCN1C(=O)Nc1ccc(NC(=O)[C@@H]2CCCO2)cc1. The number of rotatable bonds is 4. The molecule has 28 heavy (non-hydrogen) atoms. The number of nitrogens with zero attached hydrogens (tertiary/aromatic N) is 1. The van der Waals surface area contributed by atoms with Crippen LogP contribution < -0.4 is 10.6 Å². The maximum absolute atomic E-state index is 12.8. The van der Waals surface area contributed by atoms with E-state index in [1.807, 2.05) is 17.0 Å². The topological polar surface area (TPSA) is 70.7 Å². The summed E-state index contributed by atoms with van der Waals surface area (Å²) in [4.78, 5) is 28.3. The molecule has 6 nitrogen and oxygen atoms in total. The fourth-order valence-corrected chi connectivity index (χ4v) is 4.85. The molecule has 0 bridgehead atoms. The van der Waals surface area contributed by atoms with Gasteiger partial charge in [-0.1, -0.05) is 6.92 Å². The van der Waals surface area contributed by atoms with Crippen LogP contribution in [0.15, 0.2) is 35.7 Å². The summed E-state index contributed by atoms with van der Waals surface area (Å²) >= 11 is 1.78. The monoisotopic (exact) mass is 399 g/mol. The predicted octanol–water partition coefficient (Wildman–Crippen LogP) is 4.41. The van der Waals surface area contributed by atoms with E-state index in [1.165, 1.54) is 10.4 Å². The summed E-state index contributed by atoms with van der Waals surface area (Å²) < 4.78 is 5.40. The number of hydrogen-bond acceptors (Lipinski definition) is 4. The molecule has 1 saturated heterocycles. The standard InChI is InChI=1S/C21H25N3O3S/c1-2-17-16-10-13-28-19(16)9-11-24(17)21(26)23-15-7-5-14(6-8-15)22-20(25)18-4-3-12-27-18/h5-8,10,13,17-18H,2-4,9,11-12H2,1H3,(H,22,25)(H,23,26)/t17-,18-/m0/s1. The zero-order valence-corrected chi connectivity index (χ0v) is 16.8. The quantitative estimate of drug-likeness (QED) is 0.800. The van der Waals surface area contributed by atoms with Crippen molar-refractivity contribution < 1.29 is 14.3 Å². The van der Waals surface area contributed by atoms with E-state index in [2.05, 4.69) is 29.0 Å². The Morgan fingerprint density at radius 1 is 1.18 bits per heavy atom. The van der Waals surface area contributed by atoms with Gasteiger partial charge in [0.1, 0.15) is 6.10 Å². The van der Waals surface area contributed by atoms with Crippen molar-refractivity contribution in [2.45, 2.75) is 44.8 Å². The summed E-state index contributed by atoms with van der Waals surface area (Å²) in [5.74, 6) is -0.111. The third-order valence-corrected chi connectivity index (χ3v) is 6.36. The van der Waals surface area contributed by atoms with Crippen LogP contribution in [0.5, 0.6) is 0 Å². The van der Waals surface area contributed by atoms with Crippen molar-refractivity contribution in [3.8, 4) is 0 Å². The summed E-state index contributed by atoms with van der Waals surface area (Å²) in [6.07, 6.45) is 3.13. The van der Waals surface area contributed by atoms with Gasteiger partial charge in [-0.05, 0) is 67.0 Å². The molecule has 1 aromatic heterocycles. The maximum Gasteiger partial charge on any atom is 0.322 e. The number of anilines is 2. The highest BCUT2D eigenvalue weighted by Gasteiger charge is 2.30. The van der Waals surface area contributed by atoms with E-state index in [9.17, 15) is 9.59 Å². The van der Waals surface area contributed by atoms with Gasteiger partial charge in [0.2, 0.25) is 0 Å². The molecule has 2 aliphatic rings. The maximum atomic E-state index is 12.8. The molecule has 1 fully saturated rings. The van der Waals surface area contributed by atoms with Gasteiger partial charge < -0.3 is 20.3 Å². The van der Waals surface area contributed by atoms with Gasteiger partial charge in [0.05, 0.1) is 6.04 Å². The van der Waals surface area contributed by atoms with Gasteiger partial charge in [-0.2, -0.15) is 0 Å². The molecular formula is C21H25N3O3S. The largest absolute Gasteiger partial charge is 0.368 e. The van der Waals surface area contributed by atoms with Crippen molar-refractivity contribution in [3.05, 3.63) is 46.2 Å². The van der Waals surface area contributed by atoms with Gasteiger partial charge >= 0.3 is 6.03 Å². The molecule has 2 atom stereocenters. The zero-order valence-electron chi connectivity index (χ0n) is 15.9. The Hall–Kier alpha value is -2.38. The summed E-state index contributed by atoms with van der Waals surface area (Å²) in [6.45, 7) is 3.49. The normalized spacial score (nSPS) is 21.2. The van der Waals surface area contributed by atoms with Crippen LogP contribution in [0, 0.1) is 0 Å². The van der Waals surface area contributed by atoms with Crippen molar-refractivity contribution in [1.82, 2.24) is 4.90 Å². The first kappa shape index (κ1) is 19.0. The van der Waals surface area contributed by atoms with Gasteiger partial charge in [-0.15, -0.1) is 11.3 Å². The number of ether oxygens (including phenoxy) is 1. The number of fused-ring (bicyclic) bond motifs is 1. The highest BCUT2D eigenvalue weighted by Crippen LogP contribution is 2.35. The molecule has 2 aromatic rings. The second-order valence-electron chi connectivity index (χ2n) is 7.16. The minimum absolute atomic E-state index is 0.0835. The van der Waals surface area contributed by atoms with Crippen LogP contribution in [0.25, 0.3) is 0 Å². The Balaban J connectivity index is 1.37. The van der Waals surface area contributed by atoms with Crippen LogP contribution in [-0.4, -0.2) is 36.1 Å². The van der Waals surface area contributed by atoms with Crippen LogP contribution in [0.4, 0.5) is 16.2 Å². The number of amides is 3. The fourth-order valence-electron chi connectivity index (χ4n) is 3.92. The first-order chi connectivity index (χ1) is 13.7. The Morgan fingerprint density at radius 3 is 2.61 bits per heavy atom. The Kier molecular flexibility index (Phi) is 5.64. The zero-order chi connectivity index (χ0) is 19.5. The predicted molar refractivity (Wildman–Crippen MR) is 111 cm³/mol. The van der Waals surface area contributed by atoms with Crippen LogP contribution in [0.3, 0.4) is 0 Å². The molecule has 0 radical (unpaired) electrons. The van der Waals surface area contributed by atoms with E-state index in [0.717, 1.165) is 32.2 Å². The number of carbonyl (C=O) groups is 2. The molecule has 1 aromatic carbocycles. The van der Waals surface area contributed by atoms with E-state index < -0.39 is 0 Å². The highest BCUT2D eigenvalue weighted by atomic mass is 32.1. The number of benzene rings is 1. The smallest absolute Gasteiger partial charge is 0.322 e. The molecule has 7 heteroatoms. The third-order valence-electron chi connectivity index (χ3n) is 5.37. The molecule has 0 saturated carbocycles. The molecule has 3 amide bonds. The highest BCUT2D eigenvalue weighted by molar-refractivity contribution is 7.10. The molecule has 2 aliphatic heterocycles. The average Bonchev–Trinajstić information content (AvgIpc) is 3.40. The van der Waals surface area contributed by atoms with E-state index >= 15 is 0 Å². The second kappa shape index (κ2) is 8.32. The van der Waals surface area contributed by atoms with Gasteiger partial charge in [-0.25, -0.2) is 4.79 Å². The van der Waals surface area contributed by atoms with E-state index in [4.69, 9.17) is 4.74 Å². The van der Waals surface area contributed by atoms with Crippen molar-refractivity contribution in [1.29, 1.82) is 0 Å². The minimum atomic E-state index is -0.355. The van der Waals surface area contributed by atoms with E-state index in [-0.39, 0.29) is 24.1 Å². The molecule has 148 valence electrons. The van der Waals surface area contributed by atoms with Crippen molar-refractivity contribution in [2.24, 2.45) is 0 Å². The number of thiophene rings is 1. The Bertz CT molecular complexity index is 843. The lowest BCUT2D eigenvalue weighted by atomic mass is 9.98. The third kappa shape index (κ3) is 3.91. The van der Waals surface area contributed by atoms with E-state index in [0.29, 0.717) is 18.0 Å². The van der Waals surface area contributed by atoms with Crippen LogP contribution in [0.2, 0.25) is 0 Å². The number of nitrogens with one attached hydrogen (secondary N) is 2.